The molecule has 160 valence electrons. The lowest BCUT2D eigenvalue weighted by Crippen LogP contribution is -2.51. The lowest BCUT2D eigenvalue weighted by molar-refractivity contribution is 0.110. The van der Waals surface area contributed by atoms with Crippen molar-refractivity contribution in [3.8, 4) is 0 Å². The summed E-state index contributed by atoms with van der Waals surface area (Å²) in [6.45, 7) is 3.53. The fourth-order valence-corrected chi connectivity index (χ4v) is 4.86. The number of rotatable bonds is 6. The number of nitrogens with zero attached hydrogens (tertiary/aromatic N) is 1. The number of piperidine rings is 1. The molecule has 2 atom stereocenters. The van der Waals surface area contributed by atoms with E-state index in [1.54, 1.807) is 12.1 Å². The van der Waals surface area contributed by atoms with Gasteiger partial charge in [-0.2, -0.15) is 0 Å². The summed E-state index contributed by atoms with van der Waals surface area (Å²) in [5.41, 5.74) is 2.72. The summed E-state index contributed by atoms with van der Waals surface area (Å²) >= 11 is 0. The fourth-order valence-electron chi connectivity index (χ4n) is 4.86. The topological polar surface area (TPSA) is 15.3 Å². The van der Waals surface area contributed by atoms with Crippen LogP contribution < -0.4 is 5.32 Å². The van der Waals surface area contributed by atoms with Crippen LogP contribution in [0.3, 0.4) is 0 Å². The van der Waals surface area contributed by atoms with Crippen molar-refractivity contribution in [3.05, 3.63) is 71.5 Å². The Labute approximate surface area is 187 Å². The first-order valence-corrected chi connectivity index (χ1v) is 10.5. The molecule has 0 aromatic heterocycles. The van der Waals surface area contributed by atoms with Gasteiger partial charge in [0.2, 0.25) is 0 Å². The first-order chi connectivity index (χ1) is 13.3. The molecule has 0 aliphatic carbocycles. The molecule has 2 aromatic rings. The van der Waals surface area contributed by atoms with Crippen molar-refractivity contribution in [1.82, 2.24) is 10.2 Å². The number of halogens is 3. The van der Waals surface area contributed by atoms with Crippen molar-refractivity contribution >= 4 is 24.8 Å². The normalized spacial score (nSPS) is 21.2. The minimum atomic E-state index is -0.138. The minimum Gasteiger partial charge on any atom is -0.312 e. The third kappa shape index (κ3) is 6.68. The Kier molecular flexibility index (Phi) is 9.91. The van der Waals surface area contributed by atoms with Crippen LogP contribution in [0.5, 0.6) is 0 Å². The van der Waals surface area contributed by atoms with Gasteiger partial charge >= 0.3 is 0 Å². The third-order valence-corrected chi connectivity index (χ3v) is 6.41. The second-order valence-corrected chi connectivity index (χ2v) is 8.27. The van der Waals surface area contributed by atoms with Gasteiger partial charge in [-0.25, -0.2) is 4.39 Å². The molecule has 4 rings (SSSR count). The van der Waals surface area contributed by atoms with Gasteiger partial charge in [0.1, 0.15) is 5.82 Å². The zero-order valence-electron chi connectivity index (χ0n) is 16.9. The largest absolute Gasteiger partial charge is 0.312 e. The molecule has 2 heterocycles. The molecule has 1 N–H and O–H groups in total. The van der Waals surface area contributed by atoms with Gasteiger partial charge in [0, 0.05) is 12.1 Å². The van der Waals surface area contributed by atoms with E-state index in [1.165, 1.54) is 49.9 Å². The maximum atomic E-state index is 13.1. The predicted molar refractivity (Wildman–Crippen MR) is 124 cm³/mol. The number of likely N-dealkylation sites (tertiary alicyclic amines) is 1. The van der Waals surface area contributed by atoms with Crippen molar-refractivity contribution in [2.24, 2.45) is 5.92 Å². The van der Waals surface area contributed by atoms with Gasteiger partial charge < -0.3 is 5.32 Å². The Morgan fingerprint density at radius 3 is 2.21 bits per heavy atom. The van der Waals surface area contributed by atoms with Gasteiger partial charge in [-0.1, -0.05) is 42.5 Å². The highest BCUT2D eigenvalue weighted by Crippen LogP contribution is 2.27. The summed E-state index contributed by atoms with van der Waals surface area (Å²) in [6, 6.07) is 19.2. The molecular weight excluding hydrogens is 406 g/mol. The average molecular weight is 439 g/mol. The lowest BCUT2D eigenvalue weighted by atomic mass is 9.87. The molecular formula is C24H33Cl2FN2. The van der Waals surface area contributed by atoms with Crippen LogP contribution in [0, 0.1) is 11.7 Å². The SMILES string of the molecule is Cl.Cl.Fc1ccc(CC2CCN(C(Cc3ccccc3)[C@@H]3CCCN3)CC2)cc1. The number of hydrogen-bond donors (Lipinski definition) is 1. The molecule has 2 aliphatic heterocycles. The maximum Gasteiger partial charge on any atom is 0.123 e. The average Bonchev–Trinajstić information content (AvgIpc) is 3.24. The van der Waals surface area contributed by atoms with Gasteiger partial charge in [-0.05, 0) is 87.3 Å². The van der Waals surface area contributed by atoms with Crippen molar-refractivity contribution in [2.45, 2.75) is 50.6 Å². The smallest absolute Gasteiger partial charge is 0.123 e. The molecule has 5 heteroatoms. The number of nitrogens with one attached hydrogen (secondary N) is 1. The van der Waals surface area contributed by atoms with E-state index in [1.807, 2.05) is 12.1 Å². The molecule has 0 radical (unpaired) electrons. The van der Waals surface area contributed by atoms with Crippen LogP contribution in [-0.2, 0) is 12.8 Å². The molecule has 2 nitrogen and oxygen atoms in total. The lowest BCUT2D eigenvalue weighted by Gasteiger charge is -2.40. The Morgan fingerprint density at radius 2 is 1.59 bits per heavy atom. The summed E-state index contributed by atoms with van der Waals surface area (Å²) < 4.78 is 13.1. The molecule has 0 spiro atoms. The van der Waals surface area contributed by atoms with Gasteiger partial charge in [0.25, 0.3) is 0 Å². The summed E-state index contributed by atoms with van der Waals surface area (Å²) in [5, 5.41) is 3.75. The Hall–Kier alpha value is -1.13. The van der Waals surface area contributed by atoms with E-state index in [-0.39, 0.29) is 30.6 Å². The maximum absolute atomic E-state index is 13.1. The Bertz CT molecular complexity index is 697. The van der Waals surface area contributed by atoms with E-state index in [9.17, 15) is 4.39 Å². The molecule has 2 saturated heterocycles. The minimum absolute atomic E-state index is 0. The van der Waals surface area contributed by atoms with E-state index < -0.39 is 0 Å². The van der Waals surface area contributed by atoms with E-state index in [0.29, 0.717) is 12.1 Å². The predicted octanol–water partition coefficient (Wildman–Crippen LogP) is 5.29. The summed E-state index contributed by atoms with van der Waals surface area (Å²) in [6.07, 6.45) is 7.31. The second-order valence-electron chi connectivity index (χ2n) is 8.27. The molecule has 29 heavy (non-hydrogen) atoms. The highest BCUT2D eigenvalue weighted by molar-refractivity contribution is 5.85. The number of hydrogen-bond acceptors (Lipinski definition) is 2. The molecule has 2 aromatic carbocycles. The van der Waals surface area contributed by atoms with Crippen molar-refractivity contribution < 1.29 is 4.39 Å². The Morgan fingerprint density at radius 1 is 0.897 bits per heavy atom. The third-order valence-electron chi connectivity index (χ3n) is 6.41. The summed E-state index contributed by atoms with van der Waals surface area (Å²) in [5.74, 6) is 0.585. The van der Waals surface area contributed by atoms with Crippen molar-refractivity contribution in [1.29, 1.82) is 0 Å². The number of benzene rings is 2. The van der Waals surface area contributed by atoms with Gasteiger partial charge in [0.05, 0.1) is 0 Å². The zero-order valence-corrected chi connectivity index (χ0v) is 18.6. The van der Waals surface area contributed by atoms with Crippen LogP contribution in [0.15, 0.2) is 54.6 Å². The van der Waals surface area contributed by atoms with E-state index in [0.717, 1.165) is 25.3 Å². The molecule has 0 bridgehead atoms. The molecule has 0 amide bonds. The first-order valence-electron chi connectivity index (χ1n) is 10.5. The molecule has 2 aliphatic rings. The Balaban J connectivity index is 0.00000150. The van der Waals surface area contributed by atoms with Crippen LogP contribution in [0.2, 0.25) is 0 Å². The van der Waals surface area contributed by atoms with Gasteiger partial charge in [0.15, 0.2) is 0 Å². The summed E-state index contributed by atoms with van der Waals surface area (Å²) in [4.78, 5) is 2.73. The van der Waals surface area contributed by atoms with E-state index in [4.69, 9.17) is 0 Å². The summed E-state index contributed by atoms with van der Waals surface area (Å²) in [7, 11) is 0. The van der Waals surface area contributed by atoms with E-state index in [2.05, 4.69) is 40.5 Å². The van der Waals surface area contributed by atoms with Gasteiger partial charge in [-0.3, -0.25) is 4.90 Å². The molecule has 2 fully saturated rings. The highest BCUT2D eigenvalue weighted by Gasteiger charge is 2.32. The fraction of sp³-hybridized carbons (Fsp3) is 0.500. The quantitative estimate of drug-likeness (QED) is 0.658. The second kappa shape index (κ2) is 11.9. The zero-order chi connectivity index (χ0) is 18.5. The standard InChI is InChI=1S/C24H31FN2.2ClH/c25-22-10-8-20(9-11-22)17-21-12-15-27(16-13-21)24(23-7-4-14-26-23)18-19-5-2-1-3-6-19;;/h1-3,5-6,8-11,21,23-24,26H,4,7,12-18H2;2*1H/t23-,24?;;/m0../s1. The molecule has 1 unspecified atom stereocenters. The monoisotopic (exact) mass is 438 g/mol. The van der Waals surface area contributed by atoms with Crippen LogP contribution in [-0.4, -0.2) is 36.6 Å². The van der Waals surface area contributed by atoms with Crippen LogP contribution in [0.4, 0.5) is 4.39 Å². The first kappa shape index (κ1) is 24.1. The van der Waals surface area contributed by atoms with Crippen molar-refractivity contribution in [2.75, 3.05) is 19.6 Å². The van der Waals surface area contributed by atoms with Crippen molar-refractivity contribution in [3.63, 3.8) is 0 Å². The molecule has 0 saturated carbocycles. The van der Waals surface area contributed by atoms with Gasteiger partial charge in [-0.15, -0.1) is 24.8 Å². The van der Waals surface area contributed by atoms with E-state index >= 15 is 0 Å². The highest BCUT2D eigenvalue weighted by atomic mass is 35.5. The van der Waals surface area contributed by atoms with Crippen LogP contribution in [0.25, 0.3) is 0 Å². The van der Waals surface area contributed by atoms with Crippen LogP contribution in [0.1, 0.15) is 36.8 Å². The van der Waals surface area contributed by atoms with Crippen LogP contribution >= 0.6 is 24.8 Å².